The number of hydrogen-bond acceptors (Lipinski definition) is 3. The van der Waals surface area contributed by atoms with Crippen LogP contribution >= 0.6 is 0 Å². The molecule has 142 valence electrons. The van der Waals surface area contributed by atoms with E-state index in [4.69, 9.17) is 0 Å². The largest absolute Gasteiger partial charge is 0.348 e. The summed E-state index contributed by atoms with van der Waals surface area (Å²) in [7, 11) is 0. The van der Waals surface area contributed by atoms with Crippen LogP contribution in [0.2, 0.25) is 0 Å². The third-order valence-electron chi connectivity index (χ3n) is 6.20. The van der Waals surface area contributed by atoms with E-state index in [1.807, 2.05) is 6.92 Å². The van der Waals surface area contributed by atoms with Gasteiger partial charge in [0.05, 0.1) is 0 Å². The molecule has 1 aromatic heterocycles. The molecule has 4 unspecified atom stereocenters. The molecule has 5 nitrogen and oxygen atoms in total. The van der Waals surface area contributed by atoms with Crippen molar-refractivity contribution in [3.63, 3.8) is 0 Å². The van der Waals surface area contributed by atoms with Crippen molar-refractivity contribution in [2.24, 2.45) is 17.8 Å². The number of hydrogen-bond donors (Lipinski definition) is 1. The highest BCUT2D eigenvalue weighted by Crippen LogP contribution is 2.49. The van der Waals surface area contributed by atoms with Gasteiger partial charge in [-0.2, -0.15) is 5.10 Å². The summed E-state index contributed by atoms with van der Waals surface area (Å²) in [5, 5.41) is 7.15. The Morgan fingerprint density at radius 1 is 1.30 bits per heavy atom. The van der Waals surface area contributed by atoms with E-state index in [9.17, 15) is 14.0 Å². The van der Waals surface area contributed by atoms with E-state index < -0.39 is 17.2 Å². The SMILES string of the molecule is Cc1cc(=O)c(C(=O)NC(C)C2CC3CCC2C3)nn1-c1ccccc1F. The molecular formula is C21H24FN3O2. The van der Waals surface area contributed by atoms with Gasteiger partial charge in [-0.25, -0.2) is 9.07 Å². The summed E-state index contributed by atoms with van der Waals surface area (Å²) in [4.78, 5) is 25.1. The molecular weight excluding hydrogens is 345 g/mol. The molecule has 1 N–H and O–H groups in total. The van der Waals surface area contributed by atoms with Gasteiger partial charge in [-0.3, -0.25) is 9.59 Å². The van der Waals surface area contributed by atoms with Crippen molar-refractivity contribution in [1.29, 1.82) is 0 Å². The van der Waals surface area contributed by atoms with E-state index in [1.54, 1.807) is 25.1 Å². The van der Waals surface area contributed by atoms with Crippen LogP contribution in [0.5, 0.6) is 0 Å². The van der Waals surface area contributed by atoms with Gasteiger partial charge >= 0.3 is 0 Å². The first-order chi connectivity index (χ1) is 12.9. The number of nitrogens with one attached hydrogen (secondary N) is 1. The van der Waals surface area contributed by atoms with Gasteiger partial charge in [0.25, 0.3) is 5.91 Å². The fourth-order valence-electron chi connectivity index (χ4n) is 4.86. The molecule has 0 aliphatic heterocycles. The molecule has 2 aromatic rings. The summed E-state index contributed by atoms with van der Waals surface area (Å²) >= 11 is 0. The Labute approximate surface area is 157 Å². The molecule has 0 radical (unpaired) electrons. The van der Waals surface area contributed by atoms with Crippen LogP contribution in [-0.4, -0.2) is 21.7 Å². The van der Waals surface area contributed by atoms with E-state index in [0.29, 0.717) is 17.5 Å². The number of aryl methyl sites for hydroxylation is 1. The van der Waals surface area contributed by atoms with Crippen LogP contribution in [-0.2, 0) is 0 Å². The Morgan fingerprint density at radius 2 is 2.07 bits per heavy atom. The summed E-state index contributed by atoms with van der Waals surface area (Å²) < 4.78 is 15.5. The fourth-order valence-corrected chi connectivity index (χ4v) is 4.86. The molecule has 4 atom stereocenters. The normalized spacial score (nSPS) is 24.8. The van der Waals surface area contributed by atoms with E-state index >= 15 is 0 Å². The highest BCUT2D eigenvalue weighted by atomic mass is 19.1. The number of carbonyl (C=O) groups excluding carboxylic acids is 1. The number of benzene rings is 1. The average molecular weight is 369 g/mol. The summed E-state index contributed by atoms with van der Waals surface area (Å²) in [5.41, 5.74) is 0.0459. The molecule has 1 aromatic carbocycles. The number of rotatable bonds is 4. The van der Waals surface area contributed by atoms with Crippen LogP contribution in [0.4, 0.5) is 4.39 Å². The van der Waals surface area contributed by atoms with Crippen LogP contribution < -0.4 is 10.7 Å². The van der Waals surface area contributed by atoms with Crippen molar-refractivity contribution < 1.29 is 9.18 Å². The Bertz CT molecular complexity index is 939. The molecule has 2 bridgehead atoms. The molecule has 2 aliphatic carbocycles. The number of amides is 1. The molecule has 2 fully saturated rings. The van der Waals surface area contributed by atoms with Crippen molar-refractivity contribution in [2.75, 3.05) is 0 Å². The van der Waals surface area contributed by atoms with Gasteiger partial charge in [-0.15, -0.1) is 0 Å². The van der Waals surface area contributed by atoms with Crippen LogP contribution in [0, 0.1) is 30.5 Å². The second-order valence-electron chi connectivity index (χ2n) is 7.96. The van der Waals surface area contributed by atoms with Crippen LogP contribution in [0.3, 0.4) is 0 Å². The molecule has 2 aliphatic rings. The zero-order valence-corrected chi connectivity index (χ0v) is 15.6. The number of fused-ring (bicyclic) bond motifs is 2. The first-order valence-electron chi connectivity index (χ1n) is 9.60. The summed E-state index contributed by atoms with van der Waals surface area (Å²) in [6.45, 7) is 3.67. The monoisotopic (exact) mass is 369 g/mol. The minimum atomic E-state index is -0.486. The Balaban J connectivity index is 1.59. The minimum Gasteiger partial charge on any atom is -0.348 e. The third kappa shape index (κ3) is 3.29. The summed E-state index contributed by atoms with van der Waals surface area (Å²) in [5.74, 6) is 0.979. The number of carbonyl (C=O) groups is 1. The van der Waals surface area contributed by atoms with E-state index in [1.165, 1.54) is 36.1 Å². The average Bonchev–Trinajstić information content (AvgIpc) is 3.26. The van der Waals surface area contributed by atoms with Crippen molar-refractivity contribution in [3.8, 4) is 5.69 Å². The predicted octanol–water partition coefficient (Wildman–Crippen LogP) is 3.23. The molecule has 1 amide bonds. The summed E-state index contributed by atoms with van der Waals surface area (Å²) in [6.07, 6.45) is 4.94. The zero-order chi connectivity index (χ0) is 19.1. The highest BCUT2D eigenvalue weighted by Gasteiger charge is 2.42. The zero-order valence-electron chi connectivity index (χ0n) is 15.6. The maximum Gasteiger partial charge on any atom is 0.276 e. The second-order valence-corrected chi connectivity index (χ2v) is 7.96. The lowest BCUT2D eigenvalue weighted by Crippen LogP contribution is -2.42. The first-order valence-corrected chi connectivity index (χ1v) is 9.60. The molecule has 1 heterocycles. The Morgan fingerprint density at radius 3 is 2.74 bits per heavy atom. The fraction of sp³-hybridized carbons (Fsp3) is 0.476. The lowest BCUT2D eigenvalue weighted by molar-refractivity contribution is 0.0907. The van der Waals surface area contributed by atoms with Gasteiger partial charge < -0.3 is 5.32 Å². The van der Waals surface area contributed by atoms with Crippen molar-refractivity contribution >= 4 is 5.91 Å². The van der Waals surface area contributed by atoms with E-state index in [-0.39, 0.29) is 17.4 Å². The Kier molecular flexibility index (Phi) is 4.58. The number of aromatic nitrogens is 2. The van der Waals surface area contributed by atoms with Gasteiger partial charge in [0.2, 0.25) is 5.43 Å². The maximum absolute atomic E-state index is 14.1. The molecule has 0 spiro atoms. The standard InChI is InChI=1S/C21H24FN3O2/c1-12-9-19(26)20(24-25(12)18-6-4-3-5-17(18)22)21(27)23-13(2)16-11-14-7-8-15(16)10-14/h3-6,9,13-16H,7-8,10-11H2,1-2H3,(H,23,27). The Hall–Kier alpha value is -2.50. The van der Waals surface area contributed by atoms with Crippen molar-refractivity contribution in [2.45, 2.75) is 45.6 Å². The van der Waals surface area contributed by atoms with Crippen LogP contribution in [0.25, 0.3) is 5.69 Å². The molecule has 0 saturated heterocycles. The lowest BCUT2D eigenvalue weighted by atomic mass is 9.84. The van der Waals surface area contributed by atoms with Gasteiger partial charge in [0, 0.05) is 17.8 Å². The summed E-state index contributed by atoms with van der Waals surface area (Å²) in [6, 6.07) is 7.49. The van der Waals surface area contributed by atoms with Gasteiger partial charge in [-0.05, 0) is 63.0 Å². The topological polar surface area (TPSA) is 64.0 Å². The molecule has 27 heavy (non-hydrogen) atoms. The van der Waals surface area contributed by atoms with Crippen LogP contribution in [0.1, 0.15) is 48.8 Å². The molecule has 2 saturated carbocycles. The predicted molar refractivity (Wildman–Crippen MR) is 100 cm³/mol. The van der Waals surface area contributed by atoms with Gasteiger partial charge in [0.1, 0.15) is 11.5 Å². The molecule has 6 heteroatoms. The maximum atomic E-state index is 14.1. The van der Waals surface area contributed by atoms with E-state index in [0.717, 1.165) is 12.3 Å². The number of nitrogens with zero attached hydrogens (tertiary/aromatic N) is 2. The third-order valence-corrected chi connectivity index (χ3v) is 6.20. The lowest BCUT2D eigenvalue weighted by Gasteiger charge is -2.28. The second kappa shape index (κ2) is 6.91. The highest BCUT2D eigenvalue weighted by molar-refractivity contribution is 5.92. The quantitative estimate of drug-likeness (QED) is 0.900. The van der Waals surface area contributed by atoms with Crippen LogP contribution in [0.15, 0.2) is 35.1 Å². The number of para-hydroxylation sites is 1. The van der Waals surface area contributed by atoms with Crippen molar-refractivity contribution in [1.82, 2.24) is 15.1 Å². The van der Waals surface area contributed by atoms with Gasteiger partial charge in [-0.1, -0.05) is 18.6 Å². The first kappa shape index (κ1) is 17.9. The van der Waals surface area contributed by atoms with Gasteiger partial charge in [0.15, 0.2) is 5.69 Å². The minimum absolute atomic E-state index is 0.00258. The van der Waals surface area contributed by atoms with E-state index in [2.05, 4.69) is 10.4 Å². The van der Waals surface area contributed by atoms with Crippen molar-refractivity contribution in [3.05, 3.63) is 57.8 Å². The molecule has 4 rings (SSSR count). The number of halogens is 1. The smallest absolute Gasteiger partial charge is 0.276 e.